The minimum Gasteiger partial charge on any atom is -0.324 e. The molecule has 0 aromatic heterocycles. The molecule has 0 radical (unpaired) electrons. The summed E-state index contributed by atoms with van der Waals surface area (Å²) in [5, 5.41) is 3.08. The zero-order chi connectivity index (χ0) is 9.40. The van der Waals surface area contributed by atoms with E-state index in [1.165, 1.54) is 0 Å². The molecule has 72 valence electrons. The number of hydrogen-bond donors (Lipinski definition) is 2. The van der Waals surface area contributed by atoms with Gasteiger partial charge in [0.05, 0.1) is 6.54 Å². The summed E-state index contributed by atoms with van der Waals surface area (Å²) in [7, 11) is 1.94. The average Bonchev–Trinajstić information content (AvgIpc) is 2.10. The van der Waals surface area contributed by atoms with E-state index in [9.17, 15) is 4.79 Å². The van der Waals surface area contributed by atoms with Crippen LogP contribution in [0, 0.1) is 5.92 Å². The standard InChI is InChI=1S/C9H20N2O/c1-8(9(12)7-10)5-3-4-6-11-2/h8,11H,3-7,10H2,1-2H3/t8-/m0/s1. The Labute approximate surface area is 74.7 Å². The highest BCUT2D eigenvalue weighted by Crippen LogP contribution is 2.07. The first kappa shape index (κ1) is 11.6. The topological polar surface area (TPSA) is 55.1 Å². The molecule has 0 fully saturated rings. The number of nitrogens with one attached hydrogen (secondary N) is 1. The fourth-order valence-electron chi connectivity index (χ4n) is 1.11. The number of Topliss-reactive ketones (excluding diaryl/α,β-unsaturated/α-hetero) is 1. The molecular weight excluding hydrogens is 152 g/mol. The normalized spacial score (nSPS) is 12.9. The quantitative estimate of drug-likeness (QED) is 0.551. The van der Waals surface area contributed by atoms with Crippen molar-refractivity contribution < 1.29 is 4.79 Å². The van der Waals surface area contributed by atoms with Gasteiger partial charge in [0.25, 0.3) is 0 Å². The molecule has 0 aliphatic carbocycles. The number of carbonyl (C=O) groups excluding carboxylic acids is 1. The van der Waals surface area contributed by atoms with Gasteiger partial charge in [0.1, 0.15) is 5.78 Å². The summed E-state index contributed by atoms with van der Waals surface area (Å²) in [6.45, 7) is 3.17. The van der Waals surface area contributed by atoms with Gasteiger partial charge in [-0.05, 0) is 26.4 Å². The van der Waals surface area contributed by atoms with Gasteiger partial charge < -0.3 is 11.1 Å². The van der Waals surface area contributed by atoms with Crippen LogP contribution in [0.2, 0.25) is 0 Å². The number of nitrogens with two attached hydrogens (primary N) is 1. The van der Waals surface area contributed by atoms with Crippen LogP contribution in [0.3, 0.4) is 0 Å². The number of rotatable bonds is 7. The first-order chi connectivity index (χ1) is 5.72. The maximum Gasteiger partial charge on any atom is 0.149 e. The molecular formula is C9H20N2O. The molecule has 3 heteroatoms. The third-order valence-electron chi connectivity index (χ3n) is 2.06. The summed E-state index contributed by atoms with van der Waals surface area (Å²) in [5.74, 6) is 0.325. The first-order valence-electron chi connectivity index (χ1n) is 4.59. The monoisotopic (exact) mass is 172 g/mol. The van der Waals surface area contributed by atoms with Crippen LogP contribution in [-0.2, 0) is 4.79 Å². The van der Waals surface area contributed by atoms with Gasteiger partial charge in [0.2, 0.25) is 0 Å². The Morgan fingerprint density at radius 2 is 2.17 bits per heavy atom. The molecule has 0 saturated carbocycles. The van der Waals surface area contributed by atoms with Crippen LogP contribution < -0.4 is 11.1 Å². The highest BCUT2D eigenvalue weighted by atomic mass is 16.1. The lowest BCUT2D eigenvalue weighted by Crippen LogP contribution is -2.21. The Kier molecular flexibility index (Phi) is 7.00. The zero-order valence-electron chi connectivity index (χ0n) is 8.10. The zero-order valence-corrected chi connectivity index (χ0v) is 8.10. The fraction of sp³-hybridized carbons (Fsp3) is 0.889. The van der Waals surface area contributed by atoms with Gasteiger partial charge in [0.15, 0.2) is 0 Å². The smallest absolute Gasteiger partial charge is 0.149 e. The highest BCUT2D eigenvalue weighted by Gasteiger charge is 2.09. The van der Waals surface area contributed by atoms with Crippen molar-refractivity contribution in [2.24, 2.45) is 11.7 Å². The number of carbonyl (C=O) groups is 1. The van der Waals surface area contributed by atoms with E-state index in [4.69, 9.17) is 5.73 Å². The van der Waals surface area contributed by atoms with Crippen molar-refractivity contribution in [3.8, 4) is 0 Å². The molecule has 3 N–H and O–H groups in total. The minimum absolute atomic E-state index is 0.145. The number of unbranched alkanes of at least 4 members (excludes halogenated alkanes) is 1. The Bertz CT molecular complexity index is 126. The van der Waals surface area contributed by atoms with Crippen LogP contribution >= 0.6 is 0 Å². The second-order valence-electron chi connectivity index (χ2n) is 3.17. The van der Waals surface area contributed by atoms with Crippen LogP contribution in [0.5, 0.6) is 0 Å². The van der Waals surface area contributed by atoms with E-state index in [1.54, 1.807) is 0 Å². The second kappa shape index (κ2) is 7.25. The van der Waals surface area contributed by atoms with E-state index < -0.39 is 0 Å². The van der Waals surface area contributed by atoms with E-state index in [0.717, 1.165) is 25.8 Å². The number of hydrogen-bond acceptors (Lipinski definition) is 3. The summed E-state index contributed by atoms with van der Waals surface area (Å²) < 4.78 is 0. The summed E-state index contributed by atoms with van der Waals surface area (Å²) in [6, 6.07) is 0. The third-order valence-corrected chi connectivity index (χ3v) is 2.06. The van der Waals surface area contributed by atoms with E-state index in [1.807, 2.05) is 14.0 Å². The van der Waals surface area contributed by atoms with Gasteiger partial charge in [-0.25, -0.2) is 0 Å². The molecule has 0 bridgehead atoms. The highest BCUT2D eigenvalue weighted by molar-refractivity contribution is 5.82. The van der Waals surface area contributed by atoms with Crippen LogP contribution in [0.25, 0.3) is 0 Å². The SMILES string of the molecule is CNCCCC[C@H](C)C(=O)CN. The van der Waals surface area contributed by atoms with Crippen LogP contribution in [0.4, 0.5) is 0 Å². The minimum atomic E-state index is 0.145. The maximum absolute atomic E-state index is 11.0. The van der Waals surface area contributed by atoms with Crippen molar-refractivity contribution in [2.75, 3.05) is 20.1 Å². The second-order valence-corrected chi connectivity index (χ2v) is 3.17. The Morgan fingerprint density at radius 1 is 1.50 bits per heavy atom. The van der Waals surface area contributed by atoms with Gasteiger partial charge >= 0.3 is 0 Å². The molecule has 0 heterocycles. The third kappa shape index (κ3) is 5.27. The van der Waals surface area contributed by atoms with Gasteiger partial charge in [-0.2, -0.15) is 0 Å². The Hall–Kier alpha value is -0.410. The van der Waals surface area contributed by atoms with Crippen molar-refractivity contribution in [3.05, 3.63) is 0 Å². The van der Waals surface area contributed by atoms with Gasteiger partial charge in [-0.3, -0.25) is 4.79 Å². The molecule has 0 aromatic rings. The summed E-state index contributed by atoms with van der Waals surface area (Å²) in [6.07, 6.45) is 3.21. The number of ketones is 1. The molecule has 12 heavy (non-hydrogen) atoms. The average molecular weight is 172 g/mol. The molecule has 0 rings (SSSR count). The molecule has 0 aliphatic rings. The van der Waals surface area contributed by atoms with Gasteiger partial charge in [-0.15, -0.1) is 0 Å². The van der Waals surface area contributed by atoms with E-state index in [-0.39, 0.29) is 18.2 Å². The maximum atomic E-state index is 11.0. The molecule has 3 nitrogen and oxygen atoms in total. The molecule has 0 aliphatic heterocycles. The van der Waals surface area contributed by atoms with Crippen molar-refractivity contribution >= 4 is 5.78 Å². The Morgan fingerprint density at radius 3 is 2.67 bits per heavy atom. The lowest BCUT2D eigenvalue weighted by atomic mass is 9.99. The van der Waals surface area contributed by atoms with E-state index in [0.29, 0.717) is 0 Å². The first-order valence-corrected chi connectivity index (χ1v) is 4.59. The van der Waals surface area contributed by atoms with Crippen molar-refractivity contribution in [1.29, 1.82) is 0 Å². The van der Waals surface area contributed by atoms with Crippen LogP contribution in [0.15, 0.2) is 0 Å². The molecule has 0 spiro atoms. The van der Waals surface area contributed by atoms with E-state index >= 15 is 0 Å². The summed E-state index contributed by atoms with van der Waals surface area (Å²) >= 11 is 0. The predicted molar refractivity (Wildman–Crippen MR) is 51.0 cm³/mol. The molecule has 0 amide bonds. The molecule has 0 saturated heterocycles. The van der Waals surface area contributed by atoms with E-state index in [2.05, 4.69) is 5.32 Å². The predicted octanol–water partition coefficient (Wildman–Crippen LogP) is 0.540. The van der Waals surface area contributed by atoms with Gasteiger partial charge in [0, 0.05) is 5.92 Å². The fourth-order valence-corrected chi connectivity index (χ4v) is 1.11. The molecule has 0 aromatic carbocycles. The Balaban J connectivity index is 3.31. The molecule has 0 unspecified atom stereocenters. The van der Waals surface area contributed by atoms with Crippen LogP contribution in [0.1, 0.15) is 26.2 Å². The largest absolute Gasteiger partial charge is 0.324 e. The van der Waals surface area contributed by atoms with Crippen LogP contribution in [-0.4, -0.2) is 25.9 Å². The van der Waals surface area contributed by atoms with Crippen molar-refractivity contribution in [1.82, 2.24) is 5.32 Å². The lowest BCUT2D eigenvalue weighted by molar-refractivity contribution is -0.121. The van der Waals surface area contributed by atoms with Crippen molar-refractivity contribution in [2.45, 2.75) is 26.2 Å². The summed E-state index contributed by atoms with van der Waals surface area (Å²) in [4.78, 5) is 11.0. The molecule has 1 atom stereocenters. The van der Waals surface area contributed by atoms with Gasteiger partial charge in [-0.1, -0.05) is 13.3 Å². The summed E-state index contributed by atoms with van der Waals surface area (Å²) in [5.41, 5.74) is 5.24. The lowest BCUT2D eigenvalue weighted by Gasteiger charge is -2.07. The van der Waals surface area contributed by atoms with Crippen molar-refractivity contribution in [3.63, 3.8) is 0 Å².